The van der Waals surface area contributed by atoms with Crippen LogP contribution in [0, 0.1) is 0 Å². The number of rotatable bonds is 4. The molecule has 2 aliphatic rings. The predicted octanol–water partition coefficient (Wildman–Crippen LogP) is 10.9. The molecule has 2 nitrogen and oxygen atoms in total. The minimum atomic E-state index is 0.113. The highest BCUT2D eigenvalue weighted by Crippen LogP contribution is 2.46. The molecule has 0 N–H and O–H groups in total. The Morgan fingerprint density at radius 1 is 0.705 bits per heavy atom. The Bertz CT molecular complexity index is 2090. The van der Waals surface area contributed by atoms with Crippen LogP contribution >= 0.6 is 0 Å². The largest absolute Gasteiger partial charge is 0.285 e. The standard InChI is InChI=1S/C42H36N2/c1-42(2,3)33-24-31-18-20-34-36(27-10-14-29(15-11-27)38-8-4-6-22-43-38)26-37(35-21-19-32(25-33)40(31)41(34)35)28-12-16-30(17-13-28)39-9-5-7-23-44-39/h4-8,10-17,19,21-26,39H,9,18,20H2,1-3H3. The van der Waals surface area contributed by atoms with E-state index >= 15 is 0 Å². The van der Waals surface area contributed by atoms with Crippen molar-refractivity contribution in [2.24, 2.45) is 4.99 Å². The third kappa shape index (κ3) is 4.57. The van der Waals surface area contributed by atoms with E-state index in [1.807, 2.05) is 30.6 Å². The van der Waals surface area contributed by atoms with Gasteiger partial charge < -0.3 is 0 Å². The van der Waals surface area contributed by atoms with Crippen LogP contribution in [0.3, 0.4) is 0 Å². The van der Waals surface area contributed by atoms with Crippen molar-refractivity contribution in [2.75, 3.05) is 0 Å². The maximum atomic E-state index is 4.71. The number of allylic oxidation sites excluding steroid dienone is 1. The second-order valence-corrected chi connectivity index (χ2v) is 13.3. The van der Waals surface area contributed by atoms with Crippen molar-refractivity contribution in [3.63, 3.8) is 0 Å². The van der Waals surface area contributed by atoms with Crippen LogP contribution in [-0.4, -0.2) is 11.2 Å². The van der Waals surface area contributed by atoms with Crippen LogP contribution in [0.5, 0.6) is 0 Å². The minimum Gasteiger partial charge on any atom is -0.285 e. The first-order chi connectivity index (χ1) is 21.4. The lowest BCUT2D eigenvalue weighted by Crippen LogP contribution is -2.13. The molecular weight excluding hydrogens is 532 g/mol. The second-order valence-electron chi connectivity index (χ2n) is 13.3. The SMILES string of the molecule is CC(C)(C)c1cc2c3c(ccc4c(-c5ccc(C6CC=CC=N6)cc5)cc(-c5ccc(-c6ccccn6)cc5)c(c43)CC2)c1. The van der Waals surface area contributed by atoms with E-state index in [0.29, 0.717) is 0 Å². The lowest BCUT2D eigenvalue weighted by molar-refractivity contribution is 0.590. The van der Waals surface area contributed by atoms with E-state index in [1.54, 1.807) is 0 Å². The van der Waals surface area contributed by atoms with Crippen molar-refractivity contribution in [2.45, 2.75) is 51.5 Å². The van der Waals surface area contributed by atoms with Gasteiger partial charge in [-0.3, -0.25) is 9.98 Å². The second kappa shape index (κ2) is 10.4. The molecule has 6 aromatic rings. The first kappa shape index (κ1) is 26.8. The smallest absolute Gasteiger partial charge is 0.0783 e. The minimum absolute atomic E-state index is 0.113. The van der Waals surface area contributed by atoms with Crippen LogP contribution in [0.1, 0.15) is 55.5 Å². The molecule has 0 radical (unpaired) electrons. The Morgan fingerprint density at radius 3 is 2.20 bits per heavy atom. The average molecular weight is 569 g/mol. The fourth-order valence-corrected chi connectivity index (χ4v) is 7.13. The number of hydrogen-bond donors (Lipinski definition) is 0. The molecule has 44 heavy (non-hydrogen) atoms. The van der Waals surface area contributed by atoms with Gasteiger partial charge in [-0.25, -0.2) is 0 Å². The third-order valence-corrected chi connectivity index (χ3v) is 9.53. The number of benzene rings is 5. The van der Waals surface area contributed by atoms with Gasteiger partial charge in [0.2, 0.25) is 0 Å². The summed E-state index contributed by atoms with van der Waals surface area (Å²) >= 11 is 0. The molecule has 0 saturated carbocycles. The van der Waals surface area contributed by atoms with Crippen LogP contribution in [-0.2, 0) is 18.3 Å². The number of aliphatic imine (C=N–C) groups is 1. The molecule has 1 aliphatic heterocycles. The van der Waals surface area contributed by atoms with Crippen LogP contribution in [0.2, 0.25) is 0 Å². The van der Waals surface area contributed by atoms with Crippen molar-refractivity contribution in [1.82, 2.24) is 4.98 Å². The molecule has 2 heteroatoms. The third-order valence-electron chi connectivity index (χ3n) is 9.53. The van der Waals surface area contributed by atoms with Crippen molar-refractivity contribution in [3.05, 3.63) is 138 Å². The van der Waals surface area contributed by atoms with Crippen LogP contribution in [0.15, 0.2) is 120 Å². The lowest BCUT2D eigenvalue weighted by atomic mass is 9.77. The summed E-state index contributed by atoms with van der Waals surface area (Å²) in [5.74, 6) is 0. The van der Waals surface area contributed by atoms with Gasteiger partial charge in [0.15, 0.2) is 0 Å². The normalized spacial score (nSPS) is 15.8. The summed E-state index contributed by atoms with van der Waals surface area (Å²) < 4.78 is 0. The summed E-state index contributed by atoms with van der Waals surface area (Å²) in [7, 11) is 0. The van der Waals surface area contributed by atoms with Crippen molar-refractivity contribution >= 4 is 27.8 Å². The maximum absolute atomic E-state index is 4.71. The summed E-state index contributed by atoms with van der Waals surface area (Å²) in [6.45, 7) is 6.96. The van der Waals surface area contributed by atoms with Gasteiger partial charge in [-0.05, 0) is 115 Å². The molecule has 0 spiro atoms. The van der Waals surface area contributed by atoms with E-state index in [9.17, 15) is 0 Å². The summed E-state index contributed by atoms with van der Waals surface area (Å²) in [6.07, 6.45) is 11.1. The lowest BCUT2D eigenvalue weighted by Gasteiger charge is -2.27. The number of pyridine rings is 1. The average Bonchev–Trinajstić information content (AvgIpc) is 3.07. The van der Waals surface area contributed by atoms with Gasteiger partial charge in [-0.1, -0.05) is 106 Å². The Hall–Kier alpha value is -4.82. The van der Waals surface area contributed by atoms with Crippen LogP contribution in [0.4, 0.5) is 0 Å². The molecule has 1 aliphatic carbocycles. The monoisotopic (exact) mass is 568 g/mol. The zero-order chi connectivity index (χ0) is 29.8. The number of aryl methyl sites for hydroxylation is 2. The quantitative estimate of drug-likeness (QED) is 0.194. The predicted molar refractivity (Wildman–Crippen MR) is 187 cm³/mol. The molecule has 0 bridgehead atoms. The van der Waals surface area contributed by atoms with E-state index in [4.69, 9.17) is 4.99 Å². The molecule has 1 aromatic heterocycles. The molecule has 2 heterocycles. The molecular formula is C42H36N2. The van der Waals surface area contributed by atoms with Gasteiger partial charge in [-0.2, -0.15) is 0 Å². The van der Waals surface area contributed by atoms with E-state index in [0.717, 1.165) is 30.5 Å². The zero-order valence-electron chi connectivity index (χ0n) is 25.6. The zero-order valence-corrected chi connectivity index (χ0v) is 25.6. The molecule has 0 amide bonds. The molecule has 0 fully saturated rings. The van der Waals surface area contributed by atoms with Crippen LogP contribution in [0.25, 0.3) is 55.1 Å². The Kier molecular flexibility index (Phi) is 6.34. The first-order valence-corrected chi connectivity index (χ1v) is 15.8. The first-order valence-electron chi connectivity index (χ1n) is 15.8. The van der Waals surface area contributed by atoms with E-state index in [1.165, 1.54) is 66.1 Å². The highest BCUT2D eigenvalue weighted by molar-refractivity contribution is 6.17. The fraction of sp³-hybridized carbons (Fsp3) is 0.190. The summed E-state index contributed by atoms with van der Waals surface area (Å²) in [5.41, 5.74) is 13.0. The van der Waals surface area contributed by atoms with E-state index in [2.05, 4.69) is 117 Å². The van der Waals surface area contributed by atoms with Gasteiger partial charge in [0, 0.05) is 18.0 Å². The topological polar surface area (TPSA) is 25.2 Å². The summed E-state index contributed by atoms with van der Waals surface area (Å²) in [5, 5.41) is 5.56. The van der Waals surface area contributed by atoms with Gasteiger partial charge in [0.25, 0.3) is 0 Å². The number of dihydropyridines is 1. The Balaban J connectivity index is 1.35. The summed E-state index contributed by atoms with van der Waals surface area (Å²) in [6, 6.07) is 36.5. The maximum Gasteiger partial charge on any atom is 0.0783 e. The Labute approximate surface area is 259 Å². The van der Waals surface area contributed by atoms with E-state index < -0.39 is 0 Å². The van der Waals surface area contributed by atoms with Crippen molar-refractivity contribution < 1.29 is 0 Å². The van der Waals surface area contributed by atoms with Crippen molar-refractivity contribution in [3.8, 4) is 33.5 Å². The number of hydrogen-bond acceptors (Lipinski definition) is 2. The molecule has 1 unspecified atom stereocenters. The van der Waals surface area contributed by atoms with Crippen molar-refractivity contribution in [1.29, 1.82) is 0 Å². The van der Waals surface area contributed by atoms with E-state index in [-0.39, 0.29) is 11.5 Å². The number of aromatic nitrogens is 1. The number of nitrogens with zero attached hydrogens (tertiary/aromatic N) is 2. The fourth-order valence-electron chi connectivity index (χ4n) is 7.13. The van der Waals surface area contributed by atoms with Crippen LogP contribution < -0.4 is 0 Å². The van der Waals surface area contributed by atoms with Gasteiger partial charge >= 0.3 is 0 Å². The molecule has 0 saturated heterocycles. The van der Waals surface area contributed by atoms with Gasteiger partial charge in [0.1, 0.15) is 0 Å². The highest BCUT2D eigenvalue weighted by Gasteiger charge is 2.24. The molecule has 1 atom stereocenters. The summed E-state index contributed by atoms with van der Waals surface area (Å²) in [4.78, 5) is 9.28. The Morgan fingerprint density at radius 2 is 1.48 bits per heavy atom. The molecule has 214 valence electrons. The van der Waals surface area contributed by atoms with Gasteiger partial charge in [-0.15, -0.1) is 0 Å². The molecule has 8 rings (SSSR count). The van der Waals surface area contributed by atoms with Gasteiger partial charge in [0.05, 0.1) is 11.7 Å². The molecule has 5 aromatic carbocycles. The highest BCUT2D eigenvalue weighted by atomic mass is 14.8.